The van der Waals surface area contributed by atoms with Crippen LogP contribution < -0.4 is 5.32 Å². The number of rotatable bonds is 6. The highest BCUT2D eigenvalue weighted by molar-refractivity contribution is 5.84. The Morgan fingerprint density at radius 2 is 1.60 bits per heavy atom. The van der Waals surface area contributed by atoms with Gasteiger partial charge in [0.2, 0.25) is 5.91 Å². The molecule has 0 bridgehead atoms. The van der Waals surface area contributed by atoms with Crippen molar-refractivity contribution in [1.29, 1.82) is 0 Å². The van der Waals surface area contributed by atoms with E-state index in [-0.39, 0.29) is 22.7 Å². The third-order valence-electron chi connectivity index (χ3n) is 2.74. The van der Waals surface area contributed by atoms with Crippen molar-refractivity contribution < 1.29 is 14.3 Å². The first-order chi connectivity index (χ1) is 8.91. The molecular formula is C16H31NO3. The van der Waals surface area contributed by atoms with Gasteiger partial charge in [0.1, 0.15) is 6.04 Å². The van der Waals surface area contributed by atoms with Crippen LogP contribution in [0.4, 0.5) is 0 Å². The highest BCUT2D eigenvalue weighted by Crippen LogP contribution is 2.20. The maximum Gasteiger partial charge on any atom is 0.328 e. The van der Waals surface area contributed by atoms with Gasteiger partial charge in [-0.25, -0.2) is 4.79 Å². The lowest BCUT2D eigenvalue weighted by molar-refractivity contribution is -0.147. The third-order valence-corrected chi connectivity index (χ3v) is 2.74. The molecule has 0 aliphatic carbocycles. The Hall–Kier alpha value is -1.06. The molecule has 0 aromatic heterocycles. The molecule has 0 aliphatic rings. The van der Waals surface area contributed by atoms with E-state index in [1.54, 1.807) is 6.92 Å². The molecule has 0 rings (SSSR count). The van der Waals surface area contributed by atoms with Gasteiger partial charge in [0.15, 0.2) is 0 Å². The quantitative estimate of drug-likeness (QED) is 0.602. The van der Waals surface area contributed by atoms with Crippen LogP contribution in [0, 0.1) is 10.8 Å². The zero-order valence-corrected chi connectivity index (χ0v) is 14.1. The predicted molar refractivity (Wildman–Crippen MR) is 81.3 cm³/mol. The second-order valence-corrected chi connectivity index (χ2v) is 7.86. The normalized spacial score (nSPS) is 13.8. The fourth-order valence-electron chi connectivity index (χ4n) is 1.73. The molecular weight excluding hydrogens is 254 g/mol. The average molecular weight is 285 g/mol. The van der Waals surface area contributed by atoms with Crippen LogP contribution in [0.15, 0.2) is 0 Å². The standard InChI is InChI=1S/C16H31NO3/c1-12(17-13(18)11-16(5,6)7)14(19)20-10-8-9-15(2,3)4/h12H,8-11H2,1-7H3,(H,17,18)/t12-/m0/s1. The van der Waals surface area contributed by atoms with Crippen molar-refractivity contribution in [2.45, 2.75) is 73.8 Å². The Morgan fingerprint density at radius 1 is 1.05 bits per heavy atom. The summed E-state index contributed by atoms with van der Waals surface area (Å²) in [5.41, 5.74) is 0.166. The van der Waals surface area contributed by atoms with Crippen LogP contribution in [0.25, 0.3) is 0 Å². The molecule has 4 nitrogen and oxygen atoms in total. The van der Waals surface area contributed by atoms with E-state index in [1.165, 1.54) is 0 Å². The van der Waals surface area contributed by atoms with Gasteiger partial charge in [0.05, 0.1) is 6.61 Å². The van der Waals surface area contributed by atoms with Gasteiger partial charge in [-0.15, -0.1) is 0 Å². The van der Waals surface area contributed by atoms with Crippen molar-refractivity contribution in [1.82, 2.24) is 5.32 Å². The van der Waals surface area contributed by atoms with Crippen molar-refractivity contribution in [2.75, 3.05) is 6.61 Å². The molecule has 0 saturated heterocycles. The number of nitrogens with one attached hydrogen (secondary N) is 1. The second kappa shape index (κ2) is 7.65. The molecule has 0 aromatic carbocycles. The minimum atomic E-state index is -0.584. The summed E-state index contributed by atoms with van der Waals surface area (Å²) in [6.07, 6.45) is 2.25. The zero-order valence-electron chi connectivity index (χ0n) is 14.1. The highest BCUT2D eigenvalue weighted by Gasteiger charge is 2.21. The van der Waals surface area contributed by atoms with Gasteiger partial charge in [-0.1, -0.05) is 41.5 Å². The van der Waals surface area contributed by atoms with Gasteiger partial charge in [0.25, 0.3) is 0 Å². The molecule has 1 N–H and O–H groups in total. The highest BCUT2D eigenvalue weighted by atomic mass is 16.5. The van der Waals surface area contributed by atoms with Crippen LogP contribution in [0.3, 0.4) is 0 Å². The largest absolute Gasteiger partial charge is 0.464 e. The van der Waals surface area contributed by atoms with E-state index in [2.05, 4.69) is 26.1 Å². The summed E-state index contributed by atoms with van der Waals surface area (Å²) in [7, 11) is 0. The summed E-state index contributed by atoms with van der Waals surface area (Å²) < 4.78 is 5.18. The van der Waals surface area contributed by atoms with Crippen molar-refractivity contribution >= 4 is 11.9 Å². The van der Waals surface area contributed by atoms with Crippen LogP contribution in [0.2, 0.25) is 0 Å². The second-order valence-electron chi connectivity index (χ2n) is 7.86. The van der Waals surface area contributed by atoms with E-state index < -0.39 is 6.04 Å². The maximum atomic E-state index is 11.7. The van der Waals surface area contributed by atoms with Crippen molar-refractivity contribution in [3.63, 3.8) is 0 Å². The molecule has 0 heterocycles. The summed E-state index contributed by atoms with van der Waals surface area (Å²) in [6.45, 7) is 14.5. The first-order valence-electron chi connectivity index (χ1n) is 7.37. The minimum absolute atomic E-state index is 0.0829. The number of hydrogen-bond acceptors (Lipinski definition) is 3. The SMILES string of the molecule is C[C@H](NC(=O)CC(C)(C)C)C(=O)OCCCC(C)(C)C. The van der Waals surface area contributed by atoms with E-state index in [0.717, 1.165) is 12.8 Å². The van der Waals surface area contributed by atoms with Gasteiger partial charge in [-0.2, -0.15) is 0 Å². The number of ether oxygens (including phenoxy) is 1. The Bertz CT molecular complexity index is 324. The van der Waals surface area contributed by atoms with Gasteiger partial charge in [0, 0.05) is 6.42 Å². The number of carbonyl (C=O) groups excluding carboxylic acids is 2. The van der Waals surface area contributed by atoms with E-state index >= 15 is 0 Å². The topological polar surface area (TPSA) is 55.4 Å². The molecule has 1 atom stereocenters. The van der Waals surface area contributed by atoms with E-state index in [0.29, 0.717) is 13.0 Å². The number of hydrogen-bond donors (Lipinski definition) is 1. The van der Waals surface area contributed by atoms with Gasteiger partial charge in [-0.05, 0) is 30.6 Å². The molecule has 0 spiro atoms. The van der Waals surface area contributed by atoms with Crippen molar-refractivity contribution in [2.24, 2.45) is 10.8 Å². The Kier molecular flexibility index (Phi) is 7.25. The summed E-state index contributed by atoms with van der Waals surface area (Å²) in [5, 5.41) is 2.68. The van der Waals surface area contributed by atoms with Gasteiger partial charge in [-0.3, -0.25) is 4.79 Å². The lowest BCUT2D eigenvalue weighted by atomic mass is 9.91. The Labute approximate surface area is 123 Å². The van der Waals surface area contributed by atoms with Crippen LogP contribution in [0.1, 0.15) is 67.7 Å². The van der Waals surface area contributed by atoms with Gasteiger partial charge >= 0.3 is 5.97 Å². The first kappa shape index (κ1) is 18.9. The lowest BCUT2D eigenvalue weighted by Gasteiger charge is -2.20. The molecule has 0 aliphatic heterocycles. The number of amides is 1. The van der Waals surface area contributed by atoms with E-state index in [4.69, 9.17) is 4.74 Å². The summed E-state index contributed by atoms with van der Waals surface area (Å²) in [4.78, 5) is 23.4. The molecule has 118 valence electrons. The molecule has 0 aromatic rings. The molecule has 0 radical (unpaired) electrons. The fourth-order valence-corrected chi connectivity index (χ4v) is 1.73. The minimum Gasteiger partial charge on any atom is -0.464 e. The smallest absolute Gasteiger partial charge is 0.328 e. The Morgan fingerprint density at radius 3 is 2.05 bits per heavy atom. The van der Waals surface area contributed by atoms with Crippen LogP contribution in [0.5, 0.6) is 0 Å². The summed E-state index contributed by atoms with van der Waals surface area (Å²) in [6, 6.07) is -0.584. The molecule has 0 saturated carbocycles. The molecule has 20 heavy (non-hydrogen) atoms. The van der Waals surface area contributed by atoms with Crippen LogP contribution >= 0.6 is 0 Å². The molecule has 0 unspecified atom stereocenters. The fraction of sp³-hybridized carbons (Fsp3) is 0.875. The first-order valence-corrected chi connectivity index (χ1v) is 7.37. The zero-order chi connectivity index (χ0) is 16.0. The Balaban J connectivity index is 3.96. The number of esters is 1. The average Bonchev–Trinajstić information content (AvgIpc) is 2.19. The molecule has 0 fully saturated rings. The summed E-state index contributed by atoms with van der Waals surface area (Å²) >= 11 is 0. The van der Waals surface area contributed by atoms with Crippen molar-refractivity contribution in [3.05, 3.63) is 0 Å². The van der Waals surface area contributed by atoms with Crippen LogP contribution in [-0.4, -0.2) is 24.5 Å². The van der Waals surface area contributed by atoms with Gasteiger partial charge < -0.3 is 10.1 Å². The summed E-state index contributed by atoms with van der Waals surface area (Å²) in [5.74, 6) is -0.474. The number of carbonyl (C=O) groups is 2. The van der Waals surface area contributed by atoms with Crippen molar-refractivity contribution in [3.8, 4) is 0 Å². The van der Waals surface area contributed by atoms with E-state index in [9.17, 15) is 9.59 Å². The van der Waals surface area contributed by atoms with Crippen LogP contribution in [-0.2, 0) is 14.3 Å². The third kappa shape index (κ3) is 10.8. The predicted octanol–water partition coefficient (Wildman–Crippen LogP) is 3.30. The molecule has 4 heteroatoms. The monoisotopic (exact) mass is 285 g/mol. The maximum absolute atomic E-state index is 11.7. The lowest BCUT2D eigenvalue weighted by Crippen LogP contribution is -2.40. The molecule has 1 amide bonds. The van der Waals surface area contributed by atoms with E-state index in [1.807, 2.05) is 20.8 Å².